The summed E-state index contributed by atoms with van der Waals surface area (Å²) in [5.74, 6) is -0.304. The Morgan fingerprint density at radius 2 is 1.42 bits per heavy atom. The van der Waals surface area contributed by atoms with Gasteiger partial charge in [0, 0.05) is 57.3 Å². The number of nitrogens with zero attached hydrogens (tertiary/aromatic N) is 8. The van der Waals surface area contributed by atoms with E-state index in [2.05, 4.69) is 30.0 Å². The molecule has 4 fully saturated rings. The number of nitrogens with two attached hydrogens (primary N) is 1. The maximum absolute atomic E-state index is 14.2. The highest BCUT2D eigenvalue weighted by molar-refractivity contribution is 6.23. The average molecular weight is 811 g/mol. The third-order valence-corrected chi connectivity index (χ3v) is 13.0. The summed E-state index contributed by atoms with van der Waals surface area (Å²) in [7, 11) is 0. The van der Waals surface area contributed by atoms with Gasteiger partial charge in [-0.2, -0.15) is 0 Å². The van der Waals surface area contributed by atoms with E-state index in [1.54, 1.807) is 16.7 Å². The molecule has 5 aliphatic rings. The molecule has 308 valence electrons. The number of carbonyl (C=O) groups excluding carboxylic acids is 4. The largest absolute Gasteiger partial charge is 0.457 e. The van der Waals surface area contributed by atoms with Gasteiger partial charge in [0.05, 0.1) is 16.8 Å². The molecule has 5 aliphatic heterocycles. The number of nitrogens with one attached hydrogen (secondary N) is 1. The Hall–Kier alpha value is -6.23. The van der Waals surface area contributed by atoms with Crippen LogP contribution >= 0.6 is 0 Å². The number of piperidine rings is 3. The van der Waals surface area contributed by atoms with Crippen molar-refractivity contribution < 1.29 is 23.9 Å². The van der Waals surface area contributed by atoms with Crippen LogP contribution in [0.5, 0.6) is 11.5 Å². The summed E-state index contributed by atoms with van der Waals surface area (Å²) in [4.78, 5) is 82.1. The van der Waals surface area contributed by atoms with Crippen LogP contribution in [0.4, 0.5) is 5.82 Å². The fraction of sp³-hybridized carbons (Fsp3) is 0.386. The van der Waals surface area contributed by atoms with E-state index in [4.69, 9.17) is 10.5 Å². The van der Waals surface area contributed by atoms with Gasteiger partial charge in [-0.25, -0.2) is 14.8 Å². The molecule has 16 nitrogen and oxygen atoms in total. The number of amides is 4. The highest BCUT2D eigenvalue weighted by atomic mass is 16.5. The molecule has 0 spiro atoms. The van der Waals surface area contributed by atoms with Crippen molar-refractivity contribution >= 4 is 40.6 Å². The number of aromatic nitrogens is 4. The van der Waals surface area contributed by atoms with Crippen LogP contribution in [-0.2, 0) is 16.1 Å². The number of rotatable bonds is 9. The summed E-state index contributed by atoms with van der Waals surface area (Å²) in [6, 6.07) is 22.3. The third kappa shape index (κ3) is 6.83. The molecule has 3 aromatic carbocycles. The van der Waals surface area contributed by atoms with Crippen LogP contribution in [0.15, 0.2) is 83.9 Å². The van der Waals surface area contributed by atoms with Gasteiger partial charge in [0.15, 0.2) is 11.5 Å². The van der Waals surface area contributed by atoms with E-state index in [1.165, 1.54) is 6.33 Å². The van der Waals surface area contributed by atoms with E-state index in [0.29, 0.717) is 52.4 Å². The standard InChI is InChI=1S/C44H46N10O6/c45-39-38-40(47-26-46-39)53(44(59)52(38)29-7-9-33(10-8-29)60-32-4-2-1-3-5-32)30-16-20-50(21-17-30)31-24-51(25-31)28-14-18-49(19-15-28)23-27-6-11-34-35(22-27)43(58)54(42(34)57)36-12-13-37(55)48-41(36)56/h1-11,22,26,28,30-31,36H,12-21,23-25H2,(H2,45,46,47)(H,48,55,56). The number of likely N-dealkylation sites (tertiary alicyclic amines) is 3. The molecule has 5 aromatic rings. The van der Waals surface area contributed by atoms with Crippen LogP contribution in [0.25, 0.3) is 16.9 Å². The minimum absolute atomic E-state index is 0.0125. The van der Waals surface area contributed by atoms with Crippen LogP contribution in [0.3, 0.4) is 0 Å². The molecular formula is C44H46N10O6. The van der Waals surface area contributed by atoms with Crippen molar-refractivity contribution in [2.24, 2.45) is 0 Å². The highest BCUT2D eigenvalue weighted by Gasteiger charge is 2.45. The first-order valence-corrected chi connectivity index (χ1v) is 20.8. The molecule has 0 aliphatic carbocycles. The van der Waals surface area contributed by atoms with E-state index >= 15 is 0 Å². The Bertz CT molecular complexity index is 2550. The predicted molar refractivity (Wildman–Crippen MR) is 221 cm³/mol. The number of benzene rings is 3. The molecule has 0 saturated carbocycles. The maximum atomic E-state index is 14.2. The molecule has 0 bridgehead atoms. The van der Waals surface area contributed by atoms with E-state index in [1.807, 2.05) is 65.2 Å². The van der Waals surface area contributed by atoms with E-state index in [-0.39, 0.29) is 30.4 Å². The summed E-state index contributed by atoms with van der Waals surface area (Å²) in [5, 5.41) is 2.25. The second-order valence-electron chi connectivity index (χ2n) is 16.5. The number of hydrogen-bond donors (Lipinski definition) is 2. The van der Waals surface area contributed by atoms with E-state index < -0.39 is 29.7 Å². The van der Waals surface area contributed by atoms with Crippen molar-refractivity contribution in [3.8, 4) is 17.2 Å². The molecule has 0 radical (unpaired) electrons. The lowest BCUT2D eigenvalue weighted by Crippen LogP contribution is -2.64. The average Bonchev–Trinajstić information content (AvgIpc) is 3.68. The van der Waals surface area contributed by atoms with E-state index in [0.717, 1.165) is 81.2 Å². The Labute approximate surface area is 345 Å². The topological polar surface area (TPSA) is 181 Å². The molecule has 1 unspecified atom stereocenters. The normalized spacial score (nSPS) is 21.4. The monoisotopic (exact) mass is 810 g/mol. The van der Waals surface area contributed by atoms with Gasteiger partial charge < -0.3 is 10.5 Å². The van der Waals surface area contributed by atoms with Gasteiger partial charge in [-0.05, 0) is 99.3 Å². The Balaban J connectivity index is 0.723. The fourth-order valence-corrected chi connectivity index (χ4v) is 9.77. The molecule has 4 saturated heterocycles. The highest BCUT2D eigenvalue weighted by Crippen LogP contribution is 2.33. The molecular weight excluding hydrogens is 765 g/mol. The molecule has 1 atom stereocenters. The third-order valence-electron chi connectivity index (χ3n) is 13.0. The lowest BCUT2D eigenvalue weighted by molar-refractivity contribution is -0.136. The summed E-state index contributed by atoms with van der Waals surface area (Å²) in [5.41, 5.74) is 9.53. The van der Waals surface area contributed by atoms with Gasteiger partial charge in [-0.1, -0.05) is 24.3 Å². The zero-order chi connectivity index (χ0) is 41.1. The van der Waals surface area contributed by atoms with Crippen molar-refractivity contribution in [1.82, 2.24) is 44.0 Å². The number of fused-ring (bicyclic) bond motifs is 2. The van der Waals surface area contributed by atoms with Gasteiger partial charge in [0.1, 0.15) is 29.4 Å². The van der Waals surface area contributed by atoms with Crippen molar-refractivity contribution in [3.05, 3.63) is 106 Å². The van der Waals surface area contributed by atoms with Crippen LogP contribution in [-0.4, -0.2) is 120 Å². The molecule has 16 heteroatoms. The second kappa shape index (κ2) is 15.4. The van der Waals surface area contributed by atoms with Crippen LogP contribution in [0.2, 0.25) is 0 Å². The minimum atomic E-state index is -0.968. The van der Waals surface area contributed by atoms with Crippen molar-refractivity contribution in [3.63, 3.8) is 0 Å². The number of carbonyl (C=O) groups is 4. The quantitative estimate of drug-likeness (QED) is 0.208. The van der Waals surface area contributed by atoms with Gasteiger partial charge in [0.2, 0.25) is 11.8 Å². The SMILES string of the molecule is Nc1ncnc2c1n(-c1ccc(Oc3ccccc3)cc1)c(=O)n2C1CCN(C2CN(C3CCN(Cc4ccc5c(c4)C(=O)N(C4CCC(=O)NC4=O)C5=O)CC3)C2)CC1. The smallest absolute Gasteiger partial charge is 0.335 e. The van der Waals surface area contributed by atoms with Gasteiger partial charge in [0.25, 0.3) is 11.8 Å². The fourth-order valence-electron chi connectivity index (χ4n) is 9.77. The van der Waals surface area contributed by atoms with Gasteiger partial charge in [-0.15, -0.1) is 0 Å². The number of ether oxygens (including phenoxy) is 1. The summed E-state index contributed by atoms with van der Waals surface area (Å²) < 4.78 is 9.41. The number of nitrogen functional groups attached to an aromatic ring is 1. The van der Waals surface area contributed by atoms with Gasteiger partial charge >= 0.3 is 5.69 Å². The zero-order valence-electron chi connectivity index (χ0n) is 33.1. The molecule has 3 N–H and O–H groups in total. The summed E-state index contributed by atoms with van der Waals surface area (Å²) >= 11 is 0. The molecule has 60 heavy (non-hydrogen) atoms. The minimum Gasteiger partial charge on any atom is -0.457 e. The molecule has 2 aromatic heterocycles. The number of anilines is 1. The molecule has 10 rings (SSSR count). The van der Waals surface area contributed by atoms with Crippen molar-refractivity contribution in [1.29, 1.82) is 0 Å². The van der Waals surface area contributed by atoms with Crippen molar-refractivity contribution in [2.75, 3.05) is 45.0 Å². The first-order chi connectivity index (χ1) is 29.2. The van der Waals surface area contributed by atoms with Crippen LogP contribution in [0.1, 0.15) is 70.8 Å². The molecule has 7 heterocycles. The number of para-hydroxylation sites is 1. The first kappa shape index (κ1) is 38.0. The first-order valence-electron chi connectivity index (χ1n) is 20.8. The zero-order valence-corrected chi connectivity index (χ0v) is 33.1. The Morgan fingerprint density at radius 1 is 0.717 bits per heavy atom. The number of imidazole rings is 1. The van der Waals surface area contributed by atoms with Gasteiger partial charge in [-0.3, -0.25) is 53.2 Å². The number of hydrogen-bond acceptors (Lipinski definition) is 12. The summed E-state index contributed by atoms with van der Waals surface area (Å²) in [6.45, 7) is 6.41. The second-order valence-corrected chi connectivity index (χ2v) is 16.5. The number of imide groups is 2. The molecule has 4 amide bonds. The maximum Gasteiger partial charge on any atom is 0.335 e. The Kier molecular flexibility index (Phi) is 9.77. The Morgan fingerprint density at radius 3 is 2.15 bits per heavy atom. The summed E-state index contributed by atoms with van der Waals surface area (Å²) in [6.07, 6.45) is 5.44. The lowest BCUT2D eigenvalue weighted by atomic mass is 9.94. The van der Waals surface area contributed by atoms with Crippen LogP contribution in [0, 0.1) is 0 Å². The predicted octanol–water partition coefficient (Wildman–Crippen LogP) is 3.34. The van der Waals surface area contributed by atoms with Crippen molar-refractivity contribution in [2.45, 2.75) is 69.2 Å². The van der Waals surface area contributed by atoms with Crippen LogP contribution < -0.4 is 21.5 Å². The lowest BCUT2D eigenvalue weighted by Gasteiger charge is -2.52. The van der Waals surface area contributed by atoms with E-state index in [9.17, 15) is 24.0 Å².